The van der Waals surface area contributed by atoms with Gasteiger partial charge in [-0.3, -0.25) is 0 Å². The molecule has 0 aliphatic heterocycles. The minimum Gasteiger partial charge on any atom is -0.248 e. The second kappa shape index (κ2) is 4.70. The molecule has 0 spiro atoms. The first-order chi connectivity index (χ1) is 6.98. The Morgan fingerprint density at radius 2 is 2.40 bits per heavy atom. The summed E-state index contributed by atoms with van der Waals surface area (Å²) in [6.45, 7) is 1.57. The van der Waals surface area contributed by atoms with Crippen molar-refractivity contribution in [2.24, 2.45) is 0 Å². The van der Waals surface area contributed by atoms with Gasteiger partial charge in [-0.05, 0) is 6.92 Å². The zero-order valence-electron chi connectivity index (χ0n) is 8.41. The summed E-state index contributed by atoms with van der Waals surface area (Å²) in [6, 6.07) is 1.72. The van der Waals surface area contributed by atoms with Crippen molar-refractivity contribution in [1.29, 1.82) is 5.26 Å². The summed E-state index contributed by atoms with van der Waals surface area (Å²) in [5.41, 5.74) is 2.33. The van der Waals surface area contributed by atoms with E-state index in [0.717, 1.165) is 4.31 Å². The number of aromatic nitrogens is 1. The van der Waals surface area contributed by atoms with Crippen LogP contribution in [0.5, 0.6) is 0 Å². The first kappa shape index (κ1) is 12.1. The molecule has 1 atom stereocenters. The normalized spacial score (nSPS) is 13.7. The molecule has 0 aliphatic rings. The quantitative estimate of drug-likeness (QED) is 0.787. The number of sulfonamides is 1. The Balaban J connectivity index is 2.78. The van der Waals surface area contributed by atoms with Gasteiger partial charge in [-0.15, -0.1) is 11.3 Å². The molecule has 0 amide bonds. The molecule has 0 radical (unpaired) electrons. The van der Waals surface area contributed by atoms with Crippen molar-refractivity contribution in [3.05, 3.63) is 16.6 Å². The summed E-state index contributed by atoms with van der Waals surface area (Å²) in [4.78, 5) is 3.98. The van der Waals surface area contributed by atoms with E-state index in [1.165, 1.54) is 25.3 Å². The molecule has 7 heteroatoms. The van der Waals surface area contributed by atoms with Crippen molar-refractivity contribution < 1.29 is 8.42 Å². The topological polar surface area (TPSA) is 74.1 Å². The van der Waals surface area contributed by atoms with Crippen molar-refractivity contribution in [3.63, 3.8) is 0 Å². The largest absolute Gasteiger partial charge is 0.248 e. The van der Waals surface area contributed by atoms with E-state index >= 15 is 0 Å². The maximum atomic E-state index is 11.7. The van der Waals surface area contributed by atoms with Gasteiger partial charge >= 0.3 is 0 Å². The number of hydrogen-bond donors (Lipinski definition) is 0. The Morgan fingerprint density at radius 1 is 1.73 bits per heavy atom. The molecule has 1 unspecified atom stereocenters. The van der Waals surface area contributed by atoms with Gasteiger partial charge in [-0.2, -0.15) is 9.57 Å². The Morgan fingerprint density at radius 3 is 2.87 bits per heavy atom. The number of rotatable bonds is 4. The molecule has 5 nitrogen and oxygen atoms in total. The van der Waals surface area contributed by atoms with Gasteiger partial charge in [0.25, 0.3) is 0 Å². The predicted octanol–water partition coefficient (Wildman–Crippen LogP) is 0.817. The molecule has 0 aliphatic carbocycles. The minimum absolute atomic E-state index is 0.206. The summed E-state index contributed by atoms with van der Waals surface area (Å²) in [5, 5.41) is 9.33. The van der Waals surface area contributed by atoms with Gasteiger partial charge in [0, 0.05) is 12.4 Å². The summed E-state index contributed by atoms with van der Waals surface area (Å²) in [6.07, 6.45) is 0. The van der Waals surface area contributed by atoms with E-state index in [2.05, 4.69) is 4.98 Å². The monoisotopic (exact) mass is 245 g/mol. The molecule has 1 aromatic rings. The molecule has 82 valence electrons. The maximum Gasteiger partial charge on any atom is 0.230 e. The average molecular weight is 245 g/mol. The summed E-state index contributed by atoms with van der Waals surface area (Å²) < 4.78 is 24.5. The summed E-state index contributed by atoms with van der Waals surface area (Å²) in [5.74, 6) is 0. The SMILES string of the molecule is CC(C#N)S(=O)(=O)N(C)Cc1cscn1. The van der Waals surface area contributed by atoms with Gasteiger partial charge in [0.15, 0.2) is 5.25 Å². The lowest BCUT2D eigenvalue weighted by atomic mass is 10.5. The van der Waals surface area contributed by atoms with Crippen LogP contribution in [0.15, 0.2) is 10.9 Å². The van der Waals surface area contributed by atoms with Crippen LogP contribution >= 0.6 is 11.3 Å². The maximum absolute atomic E-state index is 11.7. The van der Waals surface area contributed by atoms with Crippen molar-refractivity contribution in [3.8, 4) is 6.07 Å². The van der Waals surface area contributed by atoms with E-state index in [9.17, 15) is 8.42 Å². The standard InChI is InChI=1S/C8H11N3O2S2/c1-7(3-9)15(12,13)11(2)4-8-5-14-6-10-8/h5-7H,4H2,1-2H3. The lowest BCUT2D eigenvalue weighted by molar-refractivity contribution is 0.459. The van der Waals surface area contributed by atoms with Crippen LogP contribution in [-0.2, 0) is 16.6 Å². The van der Waals surface area contributed by atoms with Crippen LogP contribution in [0, 0.1) is 11.3 Å². The molecule has 0 saturated carbocycles. The highest BCUT2D eigenvalue weighted by molar-refractivity contribution is 7.89. The molecule has 1 aromatic heterocycles. The van der Waals surface area contributed by atoms with Gasteiger partial charge in [0.05, 0.1) is 23.8 Å². The lowest BCUT2D eigenvalue weighted by Gasteiger charge is -2.16. The lowest BCUT2D eigenvalue weighted by Crippen LogP contribution is -2.33. The average Bonchev–Trinajstić information content (AvgIpc) is 2.68. The van der Waals surface area contributed by atoms with Crippen molar-refractivity contribution in [1.82, 2.24) is 9.29 Å². The van der Waals surface area contributed by atoms with E-state index in [1.54, 1.807) is 17.0 Å². The molecule has 15 heavy (non-hydrogen) atoms. The van der Waals surface area contributed by atoms with Crippen molar-refractivity contribution in [2.45, 2.75) is 18.7 Å². The van der Waals surface area contributed by atoms with E-state index in [0.29, 0.717) is 5.69 Å². The summed E-state index contributed by atoms with van der Waals surface area (Å²) >= 11 is 1.41. The first-order valence-corrected chi connectivity index (χ1v) is 6.65. The minimum atomic E-state index is -3.53. The summed E-state index contributed by atoms with van der Waals surface area (Å²) in [7, 11) is -2.08. The molecule has 0 N–H and O–H groups in total. The third kappa shape index (κ3) is 2.75. The van der Waals surface area contributed by atoms with Crippen LogP contribution < -0.4 is 0 Å². The third-order valence-electron chi connectivity index (χ3n) is 1.93. The number of nitrogens with zero attached hydrogens (tertiary/aromatic N) is 3. The van der Waals surface area contributed by atoms with Gasteiger partial charge < -0.3 is 0 Å². The Labute approximate surface area is 93.0 Å². The number of thiazole rings is 1. The zero-order valence-corrected chi connectivity index (χ0v) is 10.0. The van der Waals surface area contributed by atoms with Crippen LogP contribution in [0.3, 0.4) is 0 Å². The van der Waals surface area contributed by atoms with Gasteiger partial charge in [0.2, 0.25) is 10.0 Å². The molecule has 0 fully saturated rings. The number of nitriles is 1. The van der Waals surface area contributed by atoms with E-state index in [4.69, 9.17) is 5.26 Å². The zero-order chi connectivity index (χ0) is 11.5. The molecular formula is C8H11N3O2S2. The van der Waals surface area contributed by atoms with Crippen LogP contribution in [0.2, 0.25) is 0 Å². The first-order valence-electron chi connectivity index (χ1n) is 4.20. The van der Waals surface area contributed by atoms with Gasteiger partial charge in [-0.1, -0.05) is 0 Å². The fourth-order valence-corrected chi connectivity index (χ4v) is 2.51. The molecular weight excluding hydrogens is 234 g/mol. The van der Waals surface area contributed by atoms with Crippen LogP contribution in [-0.4, -0.2) is 30.0 Å². The smallest absolute Gasteiger partial charge is 0.230 e. The van der Waals surface area contributed by atoms with Crippen molar-refractivity contribution >= 4 is 21.4 Å². The Hall–Kier alpha value is -0.970. The fraction of sp³-hybridized carbons (Fsp3) is 0.500. The van der Waals surface area contributed by atoms with E-state index in [-0.39, 0.29) is 6.54 Å². The van der Waals surface area contributed by atoms with Crippen molar-refractivity contribution in [2.75, 3.05) is 7.05 Å². The Bertz CT molecular complexity index is 447. The molecule has 1 rings (SSSR count). The van der Waals surface area contributed by atoms with E-state index in [1.807, 2.05) is 0 Å². The molecule has 0 saturated heterocycles. The molecule has 0 bridgehead atoms. The van der Waals surface area contributed by atoms with Crippen LogP contribution in [0.25, 0.3) is 0 Å². The molecule has 0 aromatic carbocycles. The van der Waals surface area contributed by atoms with Crippen LogP contribution in [0.4, 0.5) is 0 Å². The highest BCUT2D eigenvalue weighted by Gasteiger charge is 2.25. The van der Waals surface area contributed by atoms with Crippen LogP contribution in [0.1, 0.15) is 12.6 Å². The predicted molar refractivity (Wildman–Crippen MR) is 57.6 cm³/mol. The van der Waals surface area contributed by atoms with Gasteiger partial charge in [-0.25, -0.2) is 13.4 Å². The Kier molecular flexibility index (Phi) is 3.79. The molecule has 1 heterocycles. The second-order valence-electron chi connectivity index (χ2n) is 3.05. The van der Waals surface area contributed by atoms with Gasteiger partial charge in [0.1, 0.15) is 0 Å². The fourth-order valence-electron chi connectivity index (χ4n) is 0.970. The highest BCUT2D eigenvalue weighted by Crippen LogP contribution is 2.11. The van der Waals surface area contributed by atoms with E-state index < -0.39 is 15.3 Å². The number of hydrogen-bond acceptors (Lipinski definition) is 5. The third-order valence-corrected chi connectivity index (χ3v) is 4.56. The second-order valence-corrected chi connectivity index (χ2v) is 6.13. The highest BCUT2D eigenvalue weighted by atomic mass is 32.2.